The Hall–Kier alpha value is -3.26. The second-order valence-electron chi connectivity index (χ2n) is 7.92. The number of benzene rings is 2. The highest BCUT2D eigenvalue weighted by atomic mass is 32.1. The number of thiophene rings is 1. The molecule has 0 radical (unpaired) electrons. The van der Waals surface area contributed by atoms with Crippen LogP contribution in [0.4, 0.5) is 0 Å². The molecule has 1 unspecified atom stereocenters. The quantitative estimate of drug-likeness (QED) is 0.446. The van der Waals surface area contributed by atoms with Crippen molar-refractivity contribution >= 4 is 17.2 Å². The number of carbonyl (C=O) groups excluding carboxylic acids is 1. The highest BCUT2D eigenvalue weighted by molar-refractivity contribution is 7.10. The van der Waals surface area contributed by atoms with Crippen molar-refractivity contribution in [3.05, 3.63) is 94.8 Å². The fourth-order valence-electron chi connectivity index (χ4n) is 4.12. The molecule has 1 saturated heterocycles. The highest BCUT2D eigenvalue weighted by Gasteiger charge is 2.25. The van der Waals surface area contributed by atoms with E-state index in [0.717, 1.165) is 43.2 Å². The van der Waals surface area contributed by atoms with Gasteiger partial charge >= 0.3 is 0 Å². The van der Waals surface area contributed by atoms with Gasteiger partial charge in [0, 0.05) is 30.1 Å². The molecule has 1 fully saturated rings. The van der Waals surface area contributed by atoms with Crippen molar-refractivity contribution in [2.24, 2.45) is 0 Å². The van der Waals surface area contributed by atoms with E-state index in [9.17, 15) is 4.79 Å². The minimum Gasteiger partial charge on any atom is -0.379 e. The van der Waals surface area contributed by atoms with E-state index in [0.29, 0.717) is 12.2 Å². The third-order valence-electron chi connectivity index (χ3n) is 5.83. The predicted molar refractivity (Wildman–Crippen MR) is 131 cm³/mol. The standard InChI is InChI=1S/C26H26N4O2S/c31-26(27-19-24(25-12-7-17-33-25)29-13-15-32-16-14-29)23-18-22(20-8-3-1-4-9-20)28-30(23)21-10-5-2-6-11-21/h1-12,17-18,24H,13-16,19H2,(H,27,31). The number of amides is 1. The van der Waals surface area contributed by atoms with Gasteiger partial charge in [0.2, 0.25) is 0 Å². The number of nitrogens with one attached hydrogen (secondary N) is 1. The number of ether oxygens (including phenoxy) is 1. The van der Waals surface area contributed by atoms with Gasteiger partial charge < -0.3 is 10.1 Å². The molecule has 1 N–H and O–H groups in total. The van der Waals surface area contributed by atoms with Crippen molar-refractivity contribution in [1.29, 1.82) is 0 Å². The monoisotopic (exact) mass is 458 g/mol. The fraction of sp³-hybridized carbons (Fsp3) is 0.231. The average molecular weight is 459 g/mol. The molecular formula is C26H26N4O2S. The van der Waals surface area contributed by atoms with Crippen LogP contribution in [0.2, 0.25) is 0 Å². The summed E-state index contributed by atoms with van der Waals surface area (Å²) in [5, 5.41) is 10.0. The minimum absolute atomic E-state index is 0.125. The molecule has 3 heterocycles. The van der Waals surface area contributed by atoms with Crippen LogP contribution in [0.1, 0.15) is 21.4 Å². The second kappa shape index (κ2) is 10.1. The first-order chi connectivity index (χ1) is 16.3. The molecule has 0 spiro atoms. The Morgan fingerprint density at radius 2 is 1.73 bits per heavy atom. The molecule has 1 atom stereocenters. The van der Waals surface area contributed by atoms with E-state index in [1.165, 1.54) is 4.88 Å². The number of rotatable bonds is 7. The molecule has 6 nitrogen and oxygen atoms in total. The molecule has 0 saturated carbocycles. The van der Waals surface area contributed by atoms with Gasteiger partial charge in [-0.15, -0.1) is 11.3 Å². The van der Waals surface area contributed by atoms with Crippen LogP contribution >= 0.6 is 11.3 Å². The zero-order chi connectivity index (χ0) is 22.5. The van der Waals surface area contributed by atoms with Gasteiger partial charge in [-0.2, -0.15) is 5.10 Å². The van der Waals surface area contributed by atoms with Gasteiger partial charge in [-0.1, -0.05) is 54.6 Å². The van der Waals surface area contributed by atoms with Gasteiger partial charge in [0.25, 0.3) is 5.91 Å². The highest BCUT2D eigenvalue weighted by Crippen LogP contribution is 2.26. The first-order valence-corrected chi connectivity index (χ1v) is 12.0. The zero-order valence-corrected chi connectivity index (χ0v) is 19.1. The molecule has 5 rings (SSSR count). The first kappa shape index (κ1) is 21.6. The van der Waals surface area contributed by atoms with Crippen LogP contribution in [0.5, 0.6) is 0 Å². The summed E-state index contributed by atoms with van der Waals surface area (Å²) in [6, 6.07) is 25.9. The molecule has 1 amide bonds. The Morgan fingerprint density at radius 3 is 2.42 bits per heavy atom. The maximum atomic E-state index is 13.4. The molecule has 7 heteroatoms. The minimum atomic E-state index is -0.136. The number of hydrogen-bond acceptors (Lipinski definition) is 5. The SMILES string of the molecule is O=C(NCC(c1cccs1)N1CCOCC1)c1cc(-c2ccccc2)nn1-c1ccccc1. The summed E-state index contributed by atoms with van der Waals surface area (Å²) in [6.07, 6.45) is 0. The Morgan fingerprint density at radius 1 is 1.00 bits per heavy atom. The van der Waals surface area contributed by atoms with Crippen molar-refractivity contribution in [3.63, 3.8) is 0 Å². The Kier molecular flexibility index (Phi) is 6.62. The number of morpholine rings is 1. The Balaban J connectivity index is 1.42. The number of para-hydroxylation sites is 1. The molecule has 168 valence electrons. The summed E-state index contributed by atoms with van der Waals surface area (Å²) >= 11 is 1.72. The van der Waals surface area contributed by atoms with E-state index < -0.39 is 0 Å². The molecule has 2 aromatic heterocycles. The predicted octanol–water partition coefficient (Wildman–Crippen LogP) is 4.40. The smallest absolute Gasteiger partial charge is 0.270 e. The average Bonchev–Trinajstić information content (AvgIpc) is 3.57. The van der Waals surface area contributed by atoms with Gasteiger partial charge in [-0.3, -0.25) is 9.69 Å². The third kappa shape index (κ3) is 4.90. The van der Waals surface area contributed by atoms with Gasteiger partial charge in [0.1, 0.15) is 5.69 Å². The number of carbonyl (C=O) groups is 1. The molecule has 4 aromatic rings. The van der Waals surface area contributed by atoms with E-state index in [2.05, 4.69) is 27.7 Å². The van der Waals surface area contributed by atoms with Gasteiger partial charge in [0.05, 0.1) is 30.6 Å². The summed E-state index contributed by atoms with van der Waals surface area (Å²) in [4.78, 5) is 17.1. The normalized spacial score (nSPS) is 15.3. The third-order valence-corrected chi connectivity index (χ3v) is 6.80. The lowest BCUT2D eigenvalue weighted by atomic mass is 10.1. The zero-order valence-electron chi connectivity index (χ0n) is 18.3. The molecule has 1 aliphatic heterocycles. The maximum absolute atomic E-state index is 13.4. The maximum Gasteiger partial charge on any atom is 0.270 e. The summed E-state index contributed by atoms with van der Waals surface area (Å²) in [5.41, 5.74) is 3.12. The summed E-state index contributed by atoms with van der Waals surface area (Å²) in [6.45, 7) is 3.69. The van der Waals surface area contributed by atoms with Gasteiger partial charge in [0.15, 0.2) is 0 Å². The number of aromatic nitrogens is 2. The van der Waals surface area contributed by atoms with Crippen LogP contribution in [0.25, 0.3) is 16.9 Å². The van der Waals surface area contributed by atoms with Gasteiger partial charge in [-0.25, -0.2) is 4.68 Å². The van der Waals surface area contributed by atoms with Crippen molar-refractivity contribution in [1.82, 2.24) is 20.0 Å². The van der Waals surface area contributed by atoms with Crippen molar-refractivity contribution in [2.45, 2.75) is 6.04 Å². The van der Waals surface area contributed by atoms with Gasteiger partial charge in [-0.05, 0) is 29.6 Å². The van der Waals surface area contributed by atoms with Crippen LogP contribution in [0, 0.1) is 0 Å². The van der Waals surface area contributed by atoms with Crippen LogP contribution < -0.4 is 5.32 Å². The van der Waals surface area contributed by atoms with E-state index in [4.69, 9.17) is 9.84 Å². The molecule has 1 aliphatic rings. The Labute approximate surface area is 197 Å². The van der Waals surface area contributed by atoms with Crippen LogP contribution in [-0.4, -0.2) is 53.4 Å². The molecule has 33 heavy (non-hydrogen) atoms. The van der Waals surface area contributed by atoms with E-state index in [1.54, 1.807) is 16.0 Å². The molecule has 2 aromatic carbocycles. The molecule has 0 bridgehead atoms. The van der Waals surface area contributed by atoms with Crippen molar-refractivity contribution in [3.8, 4) is 16.9 Å². The lowest BCUT2D eigenvalue weighted by Crippen LogP contribution is -2.43. The van der Waals surface area contributed by atoms with E-state index in [-0.39, 0.29) is 11.9 Å². The lowest BCUT2D eigenvalue weighted by Gasteiger charge is -2.34. The van der Waals surface area contributed by atoms with Crippen LogP contribution in [-0.2, 0) is 4.74 Å². The van der Waals surface area contributed by atoms with Crippen molar-refractivity contribution < 1.29 is 9.53 Å². The molecular weight excluding hydrogens is 432 g/mol. The summed E-state index contributed by atoms with van der Waals surface area (Å²) < 4.78 is 7.26. The van der Waals surface area contributed by atoms with Crippen molar-refractivity contribution in [2.75, 3.05) is 32.8 Å². The lowest BCUT2D eigenvalue weighted by molar-refractivity contribution is 0.0169. The Bertz CT molecular complexity index is 1170. The largest absolute Gasteiger partial charge is 0.379 e. The fourth-order valence-corrected chi connectivity index (χ4v) is 4.98. The van der Waals surface area contributed by atoms with Crippen LogP contribution in [0.15, 0.2) is 84.2 Å². The van der Waals surface area contributed by atoms with E-state index in [1.807, 2.05) is 66.7 Å². The number of hydrogen-bond donors (Lipinski definition) is 1. The number of nitrogens with zero attached hydrogens (tertiary/aromatic N) is 3. The molecule has 0 aliphatic carbocycles. The second-order valence-corrected chi connectivity index (χ2v) is 8.90. The van der Waals surface area contributed by atoms with E-state index >= 15 is 0 Å². The summed E-state index contributed by atoms with van der Waals surface area (Å²) in [7, 11) is 0. The summed E-state index contributed by atoms with van der Waals surface area (Å²) in [5.74, 6) is -0.136. The van der Waals surface area contributed by atoms with Crippen LogP contribution in [0.3, 0.4) is 0 Å². The first-order valence-electron chi connectivity index (χ1n) is 11.1. The topological polar surface area (TPSA) is 59.4 Å².